The van der Waals surface area contributed by atoms with Crippen LogP contribution in [0.5, 0.6) is 11.5 Å². The SMILES string of the molecule is Nc1nccc2c(-c3ccc4nn(C5CCC5)c(COc5cc(OC(F)(F)F)ccc5CC(=O)O)c4c3)cccc12. The largest absolute Gasteiger partial charge is 0.573 e. The molecule has 6 rings (SSSR count). The van der Waals surface area contributed by atoms with Crippen LogP contribution in [0.15, 0.2) is 66.9 Å². The number of nitrogen functional groups attached to an aromatic ring is 1. The number of ether oxygens (including phenoxy) is 2. The fraction of sp³-hybridized carbons (Fsp3) is 0.233. The second-order valence-corrected chi connectivity index (χ2v) is 9.98. The molecule has 0 aliphatic heterocycles. The van der Waals surface area contributed by atoms with Gasteiger partial charge in [0.05, 0.1) is 23.7 Å². The number of halogens is 3. The molecule has 8 nitrogen and oxygen atoms in total. The number of benzene rings is 3. The fourth-order valence-corrected chi connectivity index (χ4v) is 5.20. The smallest absolute Gasteiger partial charge is 0.487 e. The Morgan fingerprint density at radius 1 is 1.05 bits per heavy atom. The van der Waals surface area contributed by atoms with Crippen LogP contribution in [-0.4, -0.2) is 32.2 Å². The molecule has 3 aromatic carbocycles. The average molecular weight is 563 g/mol. The lowest BCUT2D eigenvalue weighted by Gasteiger charge is -2.27. The van der Waals surface area contributed by atoms with Gasteiger partial charge >= 0.3 is 12.3 Å². The van der Waals surface area contributed by atoms with Crippen molar-refractivity contribution in [3.63, 3.8) is 0 Å². The van der Waals surface area contributed by atoms with Crippen LogP contribution in [0.2, 0.25) is 0 Å². The van der Waals surface area contributed by atoms with E-state index < -0.39 is 24.5 Å². The molecular weight excluding hydrogens is 537 g/mol. The maximum Gasteiger partial charge on any atom is 0.573 e. The van der Waals surface area contributed by atoms with Gasteiger partial charge in [0.2, 0.25) is 0 Å². The van der Waals surface area contributed by atoms with E-state index in [0.29, 0.717) is 5.82 Å². The summed E-state index contributed by atoms with van der Waals surface area (Å²) in [4.78, 5) is 15.6. The lowest BCUT2D eigenvalue weighted by atomic mass is 9.93. The van der Waals surface area contributed by atoms with Crippen LogP contribution < -0.4 is 15.2 Å². The number of carboxylic acid groups (broad SMARTS) is 1. The van der Waals surface area contributed by atoms with E-state index in [4.69, 9.17) is 15.6 Å². The first-order valence-electron chi connectivity index (χ1n) is 13.0. The minimum absolute atomic E-state index is 0.00292. The van der Waals surface area contributed by atoms with Crippen LogP contribution >= 0.6 is 0 Å². The second kappa shape index (κ2) is 10.3. The van der Waals surface area contributed by atoms with Crippen molar-refractivity contribution in [1.82, 2.24) is 14.8 Å². The summed E-state index contributed by atoms with van der Waals surface area (Å²) in [5.74, 6) is -1.20. The Bertz CT molecular complexity index is 1780. The maximum atomic E-state index is 12.9. The number of carboxylic acids is 1. The molecule has 41 heavy (non-hydrogen) atoms. The summed E-state index contributed by atoms with van der Waals surface area (Å²) in [6.07, 6.45) is -0.696. The van der Waals surface area contributed by atoms with Gasteiger partial charge in [-0.05, 0) is 60.0 Å². The predicted octanol–water partition coefficient (Wildman–Crippen LogP) is 6.66. The Balaban J connectivity index is 1.41. The molecule has 11 heteroatoms. The van der Waals surface area contributed by atoms with Crippen LogP contribution in [0, 0.1) is 0 Å². The normalized spacial score (nSPS) is 13.8. The molecule has 2 heterocycles. The van der Waals surface area contributed by atoms with Crippen molar-refractivity contribution in [3.05, 3.63) is 78.1 Å². The van der Waals surface area contributed by atoms with Gasteiger partial charge < -0.3 is 20.3 Å². The van der Waals surface area contributed by atoms with E-state index in [9.17, 15) is 23.1 Å². The maximum absolute atomic E-state index is 12.9. The monoisotopic (exact) mass is 562 g/mol. The number of rotatable bonds is 8. The minimum Gasteiger partial charge on any atom is -0.487 e. The first-order chi connectivity index (χ1) is 19.7. The highest BCUT2D eigenvalue weighted by Gasteiger charge is 2.31. The fourth-order valence-electron chi connectivity index (χ4n) is 5.20. The first kappa shape index (κ1) is 26.4. The molecule has 0 atom stereocenters. The van der Waals surface area contributed by atoms with Crippen molar-refractivity contribution in [1.29, 1.82) is 0 Å². The van der Waals surface area contributed by atoms with Crippen LogP contribution in [0.1, 0.15) is 36.6 Å². The van der Waals surface area contributed by atoms with Crippen molar-refractivity contribution < 1.29 is 32.5 Å². The zero-order valence-corrected chi connectivity index (χ0v) is 21.7. The van der Waals surface area contributed by atoms with Gasteiger partial charge in [-0.2, -0.15) is 5.10 Å². The zero-order valence-electron chi connectivity index (χ0n) is 21.7. The van der Waals surface area contributed by atoms with Crippen LogP contribution in [0.3, 0.4) is 0 Å². The number of carbonyl (C=O) groups is 1. The first-order valence-corrected chi connectivity index (χ1v) is 13.0. The Kier molecular flexibility index (Phi) is 6.64. The van der Waals surface area contributed by atoms with Crippen molar-refractivity contribution in [3.8, 4) is 22.6 Å². The number of aromatic nitrogens is 3. The van der Waals surface area contributed by atoms with Crippen molar-refractivity contribution in [2.24, 2.45) is 0 Å². The molecule has 0 bridgehead atoms. The van der Waals surface area contributed by atoms with Crippen LogP contribution in [-0.2, 0) is 17.8 Å². The van der Waals surface area contributed by atoms with Crippen molar-refractivity contribution in [2.75, 3.05) is 5.73 Å². The Labute approximate surface area is 232 Å². The minimum atomic E-state index is -4.90. The third-order valence-electron chi connectivity index (χ3n) is 7.35. The number of anilines is 1. The zero-order chi connectivity index (χ0) is 28.7. The van der Waals surface area contributed by atoms with E-state index >= 15 is 0 Å². The molecule has 1 aliphatic rings. The third kappa shape index (κ3) is 5.34. The number of alkyl halides is 3. The van der Waals surface area contributed by atoms with Gasteiger partial charge in [0.15, 0.2) is 0 Å². The molecule has 5 aromatic rings. The molecule has 0 amide bonds. The molecule has 0 saturated heterocycles. The van der Waals surface area contributed by atoms with Crippen molar-refractivity contribution in [2.45, 2.75) is 44.7 Å². The van der Waals surface area contributed by atoms with E-state index in [2.05, 4.69) is 9.72 Å². The molecule has 2 aromatic heterocycles. The van der Waals surface area contributed by atoms with Crippen LogP contribution in [0.4, 0.5) is 19.0 Å². The number of hydrogen-bond acceptors (Lipinski definition) is 6. The van der Waals surface area contributed by atoms with E-state index in [-0.39, 0.29) is 24.0 Å². The van der Waals surface area contributed by atoms with E-state index in [1.54, 1.807) is 6.20 Å². The number of nitrogens with two attached hydrogens (primary N) is 1. The topological polar surface area (TPSA) is 112 Å². The highest BCUT2D eigenvalue weighted by molar-refractivity contribution is 6.02. The Hall–Kier alpha value is -4.80. The summed E-state index contributed by atoms with van der Waals surface area (Å²) in [5.41, 5.74) is 9.72. The molecule has 0 spiro atoms. The van der Waals surface area contributed by atoms with Gasteiger partial charge in [-0.15, -0.1) is 13.2 Å². The highest BCUT2D eigenvalue weighted by Crippen LogP contribution is 2.38. The molecule has 1 aliphatic carbocycles. The summed E-state index contributed by atoms with van der Waals surface area (Å²) in [6, 6.07) is 17.3. The number of aliphatic carboxylic acids is 1. The molecule has 210 valence electrons. The standard InChI is InChI=1S/C30H25F3N4O4/c31-30(32,33)41-20-9-7-18(14-28(38)39)27(15-20)40-16-26-24-13-17(8-10-25(24)36-37(26)19-3-1-4-19)21-5-2-6-23-22(21)11-12-35-29(23)34/h2,5-13,15,19H,1,3-4,14,16H2,(H2,34,35)(H,38,39). The number of hydrogen-bond donors (Lipinski definition) is 2. The number of nitrogens with zero attached hydrogens (tertiary/aromatic N) is 3. The highest BCUT2D eigenvalue weighted by atomic mass is 19.4. The van der Waals surface area contributed by atoms with E-state index in [1.165, 1.54) is 6.07 Å². The van der Waals surface area contributed by atoms with Gasteiger partial charge in [-0.25, -0.2) is 4.98 Å². The molecule has 3 N–H and O–H groups in total. The summed E-state index contributed by atoms with van der Waals surface area (Å²) in [5, 5.41) is 16.8. The summed E-state index contributed by atoms with van der Waals surface area (Å²) in [6.45, 7) is -0.0368. The van der Waals surface area contributed by atoms with Crippen molar-refractivity contribution >= 4 is 33.5 Å². The number of pyridine rings is 1. The Morgan fingerprint density at radius 2 is 1.88 bits per heavy atom. The van der Waals surface area contributed by atoms with Gasteiger partial charge in [-0.3, -0.25) is 9.48 Å². The average Bonchev–Trinajstić information content (AvgIpc) is 3.23. The van der Waals surface area contributed by atoms with E-state index in [1.807, 2.05) is 47.1 Å². The molecule has 0 unspecified atom stereocenters. The van der Waals surface area contributed by atoms with Crippen LogP contribution in [0.25, 0.3) is 32.8 Å². The van der Waals surface area contributed by atoms with E-state index in [0.717, 1.165) is 69.9 Å². The third-order valence-corrected chi connectivity index (χ3v) is 7.35. The second-order valence-electron chi connectivity index (χ2n) is 9.98. The van der Waals surface area contributed by atoms with Gasteiger partial charge in [0.1, 0.15) is 23.9 Å². The molecule has 0 radical (unpaired) electrons. The van der Waals surface area contributed by atoms with Gasteiger partial charge in [0, 0.05) is 28.6 Å². The Morgan fingerprint density at radius 3 is 2.61 bits per heavy atom. The summed E-state index contributed by atoms with van der Waals surface area (Å²) in [7, 11) is 0. The summed E-state index contributed by atoms with van der Waals surface area (Å²) >= 11 is 0. The number of fused-ring (bicyclic) bond motifs is 2. The lowest BCUT2D eigenvalue weighted by molar-refractivity contribution is -0.274. The molecule has 1 saturated carbocycles. The lowest BCUT2D eigenvalue weighted by Crippen LogP contribution is -2.21. The predicted molar refractivity (Wildman–Crippen MR) is 147 cm³/mol. The van der Waals surface area contributed by atoms with Gasteiger partial charge in [-0.1, -0.05) is 30.3 Å². The molecular formula is C30H25F3N4O4. The quantitative estimate of drug-likeness (QED) is 0.217. The van der Waals surface area contributed by atoms with Gasteiger partial charge in [0.25, 0.3) is 0 Å². The molecule has 1 fully saturated rings. The summed E-state index contributed by atoms with van der Waals surface area (Å²) < 4.78 is 50.6.